The Morgan fingerprint density at radius 2 is 1.70 bits per heavy atom. The number of imidazole rings is 1. The van der Waals surface area contributed by atoms with Gasteiger partial charge in [-0.1, -0.05) is 18.2 Å². The quantitative estimate of drug-likeness (QED) is 0.700. The first-order chi connectivity index (χ1) is 13.0. The molecule has 0 N–H and O–H groups in total. The maximum absolute atomic E-state index is 13.2. The Bertz CT molecular complexity index is 1010. The molecule has 0 bridgehead atoms. The number of rotatable bonds is 2. The lowest BCUT2D eigenvalue weighted by molar-refractivity contribution is 0.0739. The molecular weight excluding hydrogens is 336 g/mol. The van der Waals surface area contributed by atoms with Crippen LogP contribution in [0.3, 0.4) is 0 Å². The van der Waals surface area contributed by atoms with Crippen molar-refractivity contribution in [1.29, 1.82) is 0 Å². The van der Waals surface area contributed by atoms with Gasteiger partial charge in [0.15, 0.2) is 0 Å². The summed E-state index contributed by atoms with van der Waals surface area (Å²) in [6.07, 6.45) is 1.99. The molecule has 5 heteroatoms. The predicted octanol–water partition coefficient (Wildman–Crippen LogP) is 3.53. The smallest absolute Gasteiger partial charge is 0.272 e. The van der Waals surface area contributed by atoms with Crippen LogP contribution in [0.4, 0.5) is 5.69 Å². The molecule has 3 heterocycles. The van der Waals surface area contributed by atoms with Crippen molar-refractivity contribution >= 4 is 17.2 Å². The molecule has 1 saturated heterocycles. The van der Waals surface area contributed by atoms with Crippen LogP contribution in [0.25, 0.3) is 5.65 Å². The van der Waals surface area contributed by atoms with E-state index in [1.165, 1.54) is 16.8 Å². The maximum Gasteiger partial charge on any atom is 0.272 e. The first-order valence-electron chi connectivity index (χ1n) is 9.51. The van der Waals surface area contributed by atoms with Gasteiger partial charge in [-0.25, -0.2) is 4.98 Å². The Labute approximate surface area is 160 Å². The van der Waals surface area contributed by atoms with Crippen molar-refractivity contribution in [2.24, 2.45) is 0 Å². The molecule has 0 spiro atoms. The summed E-state index contributed by atoms with van der Waals surface area (Å²) in [5.74, 6) is 0.0752. The average Bonchev–Trinajstić information content (AvgIpc) is 2.98. The van der Waals surface area contributed by atoms with Gasteiger partial charge < -0.3 is 9.80 Å². The summed E-state index contributed by atoms with van der Waals surface area (Å²) in [4.78, 5) is 22.1. The van der Waals surface area contributed by atoms with Crippen molar-refractivity contribution in [2.75, 3.05) is 31.1 Å². The number of anilines is 1. The summed E-state index contributed by atoms with van der Waals surface area (Å²) in [6.45, 7) is 11.4. The van der Waals surface area contributed by atoms with Gasteiger partial charge in [0.1, 0.15) is 11.3 Å². The van der Waals surface area contributed by atoms with Gasteiger partial charge in [0.05, 0.1) is 5.69 Å². The minimum atomic E-state index is 0.0752. The Hall–Kier alpha value is -2.82. The molecule has 0 saturated carbocycles. The number of piperazine rings is 1. The van der Waals surface area contributed by atoms with Gasteiger partial charge in [-0.05, 0) is 56.5 Å². The number of aryl methyl sites for hydroxylation is 3. The molecule has 4 rings (SSSR count). The number of carbonyl (C=O) groups excluding carboxylic acids is 1. The molecule has 3 aromatic rings. The lowest BCUT2D eigenvalue weighted by atomic mass is 10.1. The van der Waals surface area contributed by atoms with E-state index in [0.717, 1.165) is 43.1 Å². The van der Waals surface area contributed by atoms with Gasteiger partial charge in [-0.3, -0.25) is 9.20 Å². The molecule has 140 valence electrons. The fraction of sp³-hybridized carbons (Fsp3) is 0.364. The van der Waals surface area contributed by atoms with Crippen molar-refractivity contribution in [2.45, 2.75) is 27.7 Å². The number of fused-ring (bicyclic) bond motifs is 1. The second-order valence-corrected chi connectivity index (χ2v) is 7.48. The van der Waals surface area contributed by atoms with Crippen LogP contribution in [0, 0.1) is 27.7 Å². The number of benzene rings is 1. The summed E-state index contributed by atoms with van der Waals surface area (Å²) in [7, 11) is 0. The predicted molar refractivity (Wildman–Crippen MR) is 109 cm³/mol. The maximum atomic E-state index is 13.2. The first-order valence-corrected chi connectivity index (χ1v) is 9.51. The van der Waals surface area contributed by atoms with E-state index in [1.807, 2.05) is 41.5 Å². The summed E-state index contributed by atoms with van der Waals surface area (Å²) in [5.41, 5.74) is 7.34. The number of aromatic nitrogens is 2. The monoisotopic (exact) mass is 362 g/mol. The van der Waals surface area contributed by atoms with Crippen LogP contribution in [0.1, 0.15) is 32.9 Å². The Kier molecular flexibility index (Phi) is 4.38. The SMILES string of the molecule is Cc1ccc2nc(C)c(C(=O)N3CCN(c4cccc(C)c4C)CC3)n2c1. The van der Waals surface area contributed by atoms with Crippen LogP contribution in [0.5, 0.6) is 0 Å². The van der Waals surface area contributed by atoms with Crippen LogP contribution >= 0.6 is 0 Å². The van der Waals surface area contributed by atoms with Crippen LogP contribution in [0.15, 0.2) is 36.5 Å². The zero-order chi connectivity index (χ0) is 19.1. The van der Waals surface area contributed by atoms with Gasteiger partial charge in [0, 0.05) is 38.1 Å². The van der Waals surface area contributed by atoms with E-state index in [1.54, 1.807) is 0 Å². The molecule has 1 aromatic carbocycles. The summed E-state index contributed by atoms with van der Waals surface area (Å²) in [5, 5.41) is 0. The molecule has 1 fully saturated rings. The van der Waals surface area contributed by atoms with Gasteiger partial charge in [-0.2, -0.15) is 0 Å². The number of amides is 1. The highest BCUT2D eigenvalue weighted by molar-refractivity contribution is 5.95. The fourth-order valence-electron chi connectivity index (χ4n) is 3.90. The van der Waals surface area contributed by atoms with Crippen LogP contribution < -0.4 is 4.90 Å². The third kappa shape index (κ3) is 3.07. The Morgan fingerprint density at radius 3 is 2.44 bits per heavy atom. The third-order valence-corrected chi connectivity index (χ3v) is 5.63. The lowest BCUT2D eigenvalue weighted by Gasteiger charge is -2.37. The first kappa shape index (κ1) is 17.6. The van der Waals surface area contributed by atoms with Crippen molar-refractivity contribution in [3.8, 4) is 0 Å². The van der Waals surface area contributed by atoms with Gasteiger partial charge in [0.2, 0.25) is 0 Å². The molecule has 1 amide bonds. The highest BCUT2D eigenvalue weighted by Crippen LogP contribution is 2.24. The molecule has 0 atom stereocenters. The van der Waals surface area contributed by atoms with E-state index in [4.69, 9.17) is 0 Å². The largest absolute Gasteiger partial charge is 0.368 e. The van der Waals surface area contributed by atoms with Crippen LogP contribution in [-0.4, -0.2) is 46.4 Å². The standard InChI is InChI=1S/C22H26N4O/c1-15-8-9-20-23-18(4)21(26(20)14-15)22(27)25-12-10-24(11-13-25)19-7-5-6-16(2)17(19)3/h5-9,14H,10-13H2,1-4H3. The number of pyridine rings is 1. The van der Waals surface area contributed by atoms with Gasteiger partial charge >= 0.3 is 0 Å². The van der Waals surface area contributed by atoms with Crippen LogP contribution in [0.2, 0.25) is 0 Å². The summed E-state index contributed by atoms with van der Waals surface area (Å²) in [6, 6.07) is 10.4. The van der Waals surface area contributed by atoms with E-state index in [-0.39, 0.29) is 5.91 Å². The zero-order valence-corrected chi connectivity index (χ0v) is 16.5. The second-order valence-electron chi connectivity index (χ2n) is 7.48. The van der Waals surface area contributed by atoms with Gasteiger partial charge in [-0.15, -0.1) is 0 Å². The molecule has 27 heavy (non-hydrogen) atoms. The second kappa shape index (κ2) is 6.72. The Morgan fingerprint density at radius 1 is 0.963 bits per heavy atom. The third-order valence-electron chi connectivity index (χ3n) is 5.63. The molecule has 1 aliphatic heterocycles. The minimum absolute atomic E-state index is 0.0752. The molecular formula is C22H26N4O. The lowest BCUT2D eigenvalue weighted by Crippen LogP contribution is -2.49. The zero-order valence-electron chi connectivity index (χ0n) is 16.5. The van der Waals surface area contributed by atoms with Crippen molar-refractivity contribution < 1.29 is 4.79 Å². The molecule has 0 radical (unpaired) electrons. The summed E-state index contributed by atoms with van der Waals surface area (Å²) >= 11 is 0. The average molecular weight is 362 g/mol. The molecule has 2 aromatic heterocycles. The Balaban J connectivity index is 1.55. The highest BCUT2D eigenvalue weighted by Gasteiger charge is 2.26. The molecule has 0 aliphatic carbocycles. The van der Waals surface area contributed by atoms with E-state index in [9.17, 15) is 4.79 Å². The number of carbonyl (C=O) groups is 1. The van der Waals surface area contributed by atoms with Crippen molar-refractivity contribution in [3.63, 3.8) is 0 Å². The van der Waals surface area contributed by atoms with Crippen molar-refractivity contribution in [3.05, 3.63) is 64.6 Å². The van der Waals surface area contributed by atoms with Gasteiger partial charge in [0.25, 0.3) is 5.91 Å². The number of hydrogen-bond donors (Lipinski definition) is 0. The highest BCUT2D eigenvalue weighted by atomic mass is 16.2. The number of nitrogens with zero attached hydrogens (tertiary/aromatic N) is 4. The normalized spacial score (nSPS) is 14.8. The fourth-order valence-corrected chi connectivity index (χ4v) is 3.90. The number of hydrogen-bond acceptors (Lipinski definition) is 3. The minimum Gasteiger partial charge on any atom is -0.368 e. The van der Waals surface area contributed by atoms with Crippen molar-refractivity contribution in [1.82, 2.24) is 14.3 Å². The molecule has 0 unspecified atom stereocenters. The molecule has 1 aliphatic rings. The van der Waals surface area contributed by atoms with E-state index < -0.39 is 0 Å². The van der Waals surface area contributed by atoms with E-state index in [0.29, 0.717) is 5.69 Å². The van der Waals surface area contributed by atoms with E-state index in [2.05, 4.69) is 41.9 Å². The topological polar surface area (TPSA) is 40.9 Å². The summed E-state index contributed by atoms with van der Waals surface area (Å²) < 4.78 is 1.93. The van der Waals surface area contributed by atoms with E-state index >= 15 is 0 Å². The molecule has 5 nitrogen and oxygen atoms in total. The van der Waals surface area contributed by atoms with Crippen LogP contribution in [-0.2, 0) is 0 Å².